The molecule has 3 N–H and O–H groups in total. The molecule has 0 fully saturated rings. The molecule has 4 heteroatoms. The minimum Gasteiger partial charge on any atom is -0.508 e. The van der Waals surface area contributed by atoms with Crippen LogP contribution in [0.1, 0.15) is 170 Å². The number of hydrogen-bond acceptors (Lipinski definition) is 4. The van der Waals surface area contributed by atoms with Gasteiger partial charge in [0.2, 0.25) is 0 Å². The van der Waals surface area contributed by atoms with Gasteiger partial charge in [0.05, 0.1) is 0 Å². The van der Waals surface area contributed by atoms with Gasteiger partial charge in [-0.2, -0.15) is 0 Å². The number of phenols is 2. The number of rotatable bonds is 26. The van der Waals surface area contributed by atoms with E-state index in [2.05, 4.69) is 30.9 Å². The van der Waals surface area contributed by atoms with Crippen molar-refractivity contribution in [3.05, 3.63) is 58.1 Å². The van der Waals surface area contributed by atoms with Gasteiger partial charge in [-0.3, -0.25) is 5.26 Å². The van der Waals surface area contributed by atoms with E-state index in [9.17, 15) is 10.2 Å². The third-order valence-electron chi connectivity index (χ3n) is 8.71. The van der Waals surface area contributed by atoms with Crippen LogP contribution in [0.15, 0.2) is 30.3 Å². The average molecular weight is 583 g/mol. The number of phenolic OH excluding ortho intramolecular Hbond substituents is 2. The van der Waals surface area contributed by atoms with E-state index in [1.165, 1.54) is 121 Å². The van der Waals surface area contributed by atoms with Crippen LogP contribution < -0.4 is 0 Å². The highest BCUT2D eigenvalue weighted by atomic mass is 17.1. The Morgan fingerprint density at radius 3 is 1.43 bits per heavy atom. The van der Waals surface area contributed by atoms with Gasteiger partial charge in [0.25, 0.3) is 0 Å². The van der Waals surface area contributed by atoms with Crippen LogP contribution in [0.3, 0.4) is 0 Å². The Bertz CT molecular complexity index is 954. The molecule has 42 heavy (non-hydrogen) atoms. The van der Waals surface area contributed by atoms with Crippen molar-refractivity contribution < 1.29 is 20.4 Å². The lowest BCUT2D eigenvalue weighted by atomic mass is 9.94. The first kappa shape index (κ1) is 36.2. The summed E-state index contributed by atoms with van der Waals surface area (Å²) in [6.07, 6.45) is 28.7. The van der Waals surface area contributed by atoms with Gasteiger partial charge in [0, 0.05) is 12.0 Å². The number of unbranched alkanes of at least 4 members (excludes halogenated alkanes) is 18. The highest BCUT2D eigenvalue weighted by Gasteiger charge is 2.14. The molecular weight excluding hydrogens is 520 g/mol. The van der Waals surface area contributed by atoms with E-state index >= 15 is 0 Å². The number of hydrogen-bond donors (Lipinski definition) is 3. The van der Waals surface area contributed by atoms with Gasteiger partial charge in [0.15, 0.2) is 0 Å². The first-order chi connectivity index (χ1) is 20.6. The Morgan fingerprint density at radius 1 is 0.500 bits per heavy atom. The van der Waals surface area contributed by atoms with Crippen molar-refractivity contribution in [3.8, 4) is 11.5 Å². The van der Waals surface area contributed by atoms with Crippen LogP contribution in [-0.2, 0) is 30.8 Å². The molecule has 0 amide bonds. The Kier molecular flexibility index (Phi) is 20.2. The van der Waals surface area contributed by atoms with Crippen molar-refractivity contribution in [1.82, 2.24) is 0 Å². The number of aryl methyl sites for hydroxylation is 2. The van der Waals surface area contributed by atoms with Gasteiger partial charge in [-0.15, -0.1) is 0 Å². The van der Waals surface area contributed by atoms with Crippen molar-refractivity contribution >= 4 is 0 Å². The smallest absolute Gasteiger partial charge is 0.124 e. The van der Waals surface area contributed by atoms with E-state index in [1.54, 1.807) is 6.07 Å². The molecule has 2 rings (SSSR count). The lowest BCUT2D eigenvalue weighted by Gasteiger charge is -2.14. The zero-order valence-electron chi connectivity index (χ0n) is 27.1. The fraction of sp³-hybridized carbons (Fsp3) is 0.684. The van der Waals surface area contributed by atoms with E-state index in [4.69, 9.17) is 5.26 Å². The van der Waals surface area contributed by atoms with Crippen molar-refractivity contribution in [1.29, 1.82) is 0 Å². The predicted octanol–water partition coefficient (Wildman–Crippen LogP) is 11.6. The van der Waals surface area contributed by atoms with E-state index < -0.39 is 0 Å². The molecule has 0 spiro atoms. The summed E-state index contributed by atoms with van der Waals surface area (Å²) in [5, 5.41) is 30.7. The molecule has 0 aromatic heterocycles. The van der Waals surface area contributed by atoms with Gasteiger partial charge in [-0.25, -0.2) is 4.89 Å². The quantitative estimate of drug-likeness (QED) is 0.0586. The maximum atomic E-state index is 10.9. The second kappa shape index (κ2) is 23.4. The zero-order valence-corrected chi connectivity index (χ0v) is 27.1. The third kappa shape index (κ3) is 15.4. The minimum absolute atomic E-state index is 0.0462. The molecule has 0 radical (unpaired) electrons. The summed E-state index contributed by atoms with van der Waals surface area (Å²) in [6.45, 7) is 4.48. The normalized spacial score (nSPS) is 11.4. The molecule has 0 atom stereocenters. The molecule has 0 unspecified atom stereocenters. The topological polar surface area (TPSA) is 69.9 Å². The van der Waals surface area contributed by atoms with E-state index in [0.717, 1.165) is 42.4 Å². The summed E-state index contributed by atoms with van der Waals surface area (Å²) in [5.74, 6) is 0.414. The van der Waals surface area contributed by atoms with Crippen LogP contribution in [0.5, 0.6) is 11.5 Å². The Balaban J connectivity index is 1.84. The van der Waals surface area contributed by atoms with Crippen molar-refractivity contribution in [2.45, 2.75) is 168 Å². The van der Waals surface area contributed by atoms with Crippen molar-refractivity contribution in [3.63, 3.8) is 0 Å². The largest absolute Gasteiger partial charge is 0.508 e. The van der Waals surface area contributed by atoms with Gasteiger partial charge in [-0.05, 0) is 60.1 Å². The second-order valence-electron chi connectivity index (χ2n) is 12.5. The van der Waals surface area contributed by atoms with Crippen LogP contribution >= 0.6 is 0 Å². The highest BCUT2D eigenvalue weighted by molar-refractivity contribution is 5.48. The first-order valence-electron chi connectivity index (χ1n) is 17.5. The summed E-state index contributed by atoms with van der Waals surface area (Å²) in [5.41, 5.74) is 4.59. The Morgan fingerprint density at radius 2 is 0.929 bits per heavy atom. The van der Waals surface area contributed by atoms with Crippen molar-refractivity contribution in [2.24, 2.45) is 0 Å². The van der Waals surface area contributed by atoms with Gasteiger partial charge in [0.1, 0.15) is 18.1 Å². The molecule has 238 valence electrons. The highest BCUT2D eigenvalue weighted by Crippen LogP contribution is 2.31. The lowest BCUT2D eigenvalue weighted by Crippen LogP contribution is -1.99. The average Bonchev–Trinajstić information content (AvgIpc) is 2.99. The molecule has 0 aliphatic carbocycles. The molecule has 4 nitrogen and oxygen atoms in total. The monoisotopic (exact) mass is 582 g/mol. The SMILES string of the molecule is CCCCCCCCCCCCc1ccc(O)c(Cc2cc(CCCCCCCCCCCC)cc(COO)c2O)c1. The summed E-state index contributed by atoms with van der Waals surface area (Å²) in [4.78, 5) is 4.41. The third-order valence-corrected chi connectivity index (χ3v) is 8.71. The zero-order chi connectivity index (χ0) is 30.3. The molecule has 0 heterocycles. The van der Waals surface area contributed by atoms with Crippen LogP contribution in [0.25, 0.3) is 0 Å². The van der Waals surface area contributed by atoms with Crippen LogP contribution in [-0.4, -0.2) is 15.5 Å². The Hall–Kier alpha value is -2.04. The molecule has 0 saturated carbocycles. The fourth-order valence-electron chi connectivity index (χ4n) is 6.07. The molecular formula is C38H62O4. The number of benzene rings is 2. The minimum atomic E-state index is -0.0462. The van der Waals surface area contributed by atoms with Gasteiger partial charge >= 0.3 is 0 Å². The van der Waals surface area contributed by atoms with E-state index in [0.29, 0.717) is 12.0 Å². The van der Waals surface area contributed by atoms with E-state index in [1.807, 2.05) is 12.1 Å². The molecule has 0 bridgehead atoms. The molecule has 2 aromatic carbocycles. The second-order valence-corrected chi connectivity index (χ2v) is 12.5. The first-order valence-corrected chi connectivity index (χ1v) is 17.5. The van der Waals surface area contributed by atoms with Crippen molar-refractivity contribution in [2.75, 3.05) is 0 Å². The van der Waals surface area contributed by atoms with Crippen LogP contribution in [0, 0.1) is 0 Å². The fourth-order valence-corrected chi connectivity index (χ4v) is 6.07. The molecule has 0 aliphatic rings. The van der Waals surface area contributed by atoms with Crippen LogP contribution in [0.4, 0.5) is 0 Å². The summed E-state index contributed by atoms with van der Waals surface area (Å²) >= 11 is 0. The van der Waals surface area contributed by atoms with E-state index in [-0.39, 0.29) is 18.1 Å². The predicted molar refractivity (Wildman–Crippen MR) is 178 cm³/mol. The summed E-state index contributed by atoms with van der Waals surface area (Å²) in [6, 6.07) is 9.94. The number of aromatic hydroxyl groups is 2. The lowest BCUT2D eigenvalue weighted by molar-refractivity contribution is -0.253. The Labute approximate surface area is 257 Å². The summed E-state index contributed by atoms with van der Waals surface area (Å²) in [7, 11) is 0. The molecule has 0 aliphatic heterocycles. The summed E-state index contributed by atoms with van der Waals surface area (Å²) < 4.78 is 0. The maximum Gasteiger partial charge on any atom is 0.124 e. The van der Waals surface area contributed by atoms with Gasteiger partial charge in [-0.1, -0.05) is 148 Å². The standard InChI is InChI=1S/C38H62O4/c1-3-5-7-9-11-13-15-17-19-21-23-32-25-26-37(39)34(27-32)30-35-28-33(29-36(31-42-41)38(35)40)24-22-20-18-16-14-12-10-8-6-4-2/h25-29,39-41H,3-24,30-31H2,1-2H3. The van der Waals surface area contributed by atoms with Crippen LogP contribution in [0.2, 0.25) is 0 Å². The molecule has 2 aromatic rings. The maximum absolute atomic E-state index is 10.9. The molecule has 0 saturated heterocycles. The van der Waals surface area contributed by atoms with Gasteiger partial charge < -0.3 is 10.2 Å².